The maximum atomic E-state index is 12.9. The molecule has 5 nitrogen and oxygen atoms in total. The summed E-state index contributed by atoms with van der Waals surface area (Å²) in [4.78, 5) is 4.57. The Morgan fingerprint density at radius 2 is 2.00 bits per heavy atom. The van der Waals surface area contributed by atoms with Gasteiger partial charge in [0.2, 0.25) is 10.0 Å². The fraction of sp³-hybridized carbons (Fsp3) is 0.438. The number of hydrogen-bond acceptors (Lipinski definition) is 4. The van der Waals surface area contributed by atoms with E-state index < -0.39 is 15.6 Å². The minimum Gasteiger partial charge on any atom is -0.387 e. The standard InChI is InChI=1S/C16H18N2O3S/c1-11-4-7-14(13-3-2-8-17-15(11)13)22(20,21)18-9-16(19,10-18)12-5-6-12/h2-4,7-8,12,19H,5-6,9-10H2,1H3. The number of nitrogens with zero attached hydrogens (tertiary/aromatic N) is 2. The normalized spacial score (nSPS) is 21.7. The average molecular weight is 318 g/mol. The van der Waals surface area contributed by atoms with Crippen molar-refractivity contribution in [3.8, 4) is 0 Å². The van der Waals surface area contributed by atoms with Gasteiger partial charge < -0.3 is 5.11 Å². The van der Waals surface area contributed by atoms with Gasteiger partial charge >= 0.3 is 0 Å². The van der Waals surface area contributed by atoms with Gasteiger partial charge in [0.25, 0.3) is 0 Å². The lowest BCUT2D eigenvalue weighted by molar-refractivity contribution is -0.0764. The molecular formula is C16H18N2O3S. The summed E-state index contributed by atoms with van der Waals surface area (Å²) in [5.74, 6) is 0.273. The number of aromatic nitrogens is 1. The van der Waals surface area contributed by atoms with E-state index in [1.807, 2.05) is 6.92 Å². The number of benzene rings is 1. The molecule has 4 rings (SSSR count). The molecule has 0 bridgehead atoms. The van der Waals surface area contributed by atoms with Gasteiger partial charge in [-0.05, 0) is 49.4 Å². The first-order chi connectivity index (χ1) is 10.4. The molecule has 1 aromatic carbocycles. The molecule has 0 amide bonds. The van der Waals surface area contributed by atoms with Gasteiger partial charge in [-0.3, -0.25) is 4.98 Å². The van der Waals surface area contributed by atoms with E-state index >= 15 is 0 Å². The highest BCUT2D eigenvalue weighted by molar-refractivity contribution is 7.89. The predicted molar refractivity (Wildman–Crippen MR) is 82.9 cm³/mol. The van der Waals surface area contributed by atoms with Crippen LogP contribution in [0.25, 0.3) is 10.9 Å². The number of aryl methyl sites for hydroxylation is 1. The van der Waals surface area contributed by atoms with Crippen LogP contribution in [0.15, 0.2) is 35.4 Å². The van der Waals surface area contributed by atoms with Crippen LogP contribution in [-0.4, -0.2) is 41.5 Å². The Morgan fingerprint density at radius 3 is 2.68 bits per heavy atom. The monoisotopic (exact) mass is 318 g/mol. The molecule has 2 aromatic rings. The Hall–Kier alpha value is -1.50. The molecule has 0 radical (unpaired) electrons. The second kappa shape index (κ2) is 4.50. The van der Waals surface area contributed by atoms with Gasteiger partial charge in [0, 0.05) is 24.7 Å². The van der Waals surface area contributed by atoms with Crippen LogP contribution >= 0.6 is 0 Å². The van der Waals surface area contributed by atoms with Crippen molar-refractivity contribution in [1.82, 2.24) is 9.29 Å². The molecule has 2 fully saturated rings. The number of hydrogen-bond donors (Lipinski definition) is 1. The van der Waals surface area contributed by atoms with E-state index in [2.05, 4.69) is 4.98 Å². The summed E-state index contributed by atoms with van der Waals surface area (Å²) in [5.41, 5.74) is 0.848. The third-order valence-corrected chi connectivity index (χ3v) is 6.64. The maximum Gasteiger partial charge on any atom is 0.243 e. The number of fused-ring (bicyclic) bond motifs is 1. The van der Waals surface area contributed by atoms with Gasteiger partial charge in [0.15, 0.2) is 0 Å². The van der Waals surface area contributed by atoms with Crippen molar-refractivity contribution in [3.05, 3.63) is 36.0 Å². The van der Waals surface area contributed by atoms with Crippen LogP contribution in [0.5, 0.6) is 0 Å². The lowest BCUT2D eigenvalue weighted by Crippen LogP contribution is -2.64. The van der Waals surface area contributed by atoms with Crippen LogP contribution in [0.3, 0.4) is 0 Å². The molecule has 1 saturated heterocycles. The second-order valence-electron chi connectivity index (χ2n) is 6.43. The summed E-state index contributed by atoms with van der Waals surface area (Å²) in [7, 11) is -3.59. The second-order valence-corrected chi connectivity index (χ2v) is 8.34. The van der Waals surface area contributed by atoms with E-state index in [1.54, 1.807) is 30.5 Å². The van der Waals surface area contributed by atoms with Crippen molar-refractivity contribution in [2.24, 2.45) is 5.92 Å². The Morgan fingerprint density at radius 1 is 1.27 bits per heavy atom. The molecular weight excluding hydrogens is 300 g/mol. The first kappa shape index (κ1) is 14.1. The number of pyridine rings is 1. The van der Waals surface area contributed by atoms with E-state index in [0.717, 1.165) is 18.4 Å². The van der Waals surface area contributed by atoms with Gasteiger partial charge in [0.1, 0.15) is 0 Å². The van der Waals surface area contributed by atoms with E-state index in [0.29, 0.717) is 10.9 Å². The molecule has 1 aromatic heterocycles. The third kappa shape index (κ3) is 1.98. The highest BCUT2D eigenvalue weighted by Gasteiger charge is 2.55. The summed E-state index contributed by atoms with van der Waals surface area (Å²) in [6, 6.07) is 6.96. The van der Waals surface area contributed by atoms with Crippen LogP contribution in [0, 0.1) is 12.8 Å². The lowest BCUT2D eigenvalue weighted by atomic mass is 9.91. The highest BCUT2D eigenvalue weighted by Crippen LogP contribution is 2.46. The molecule has 1 N–H and O–H groups in total. The number of rotatable bonds is 3. The molecule has 1 saturated carbocycles. The first-order valence-corrected chi connectivity index (χ1v) is 8.93. The smallest absolute Gasteiger partial charge is 0.243 e. The number of sulfonamides is 1. The van der Waals surface area contributed by atoms with Crippen LogP contribution < -0.4 is 0 Å². The van der Waals surface area contributed by atoms with Crippen molar-refractivity contribution in [2.75, 3.05) is 13.1 Å². The largest absolute Gasteiger partial charge is 0.387 e. The van der Waals surface area contributed by atoms with E-state index in [9.17, 15) is 13.5 Å². The molecule has 1 aliphatic heterocycles. The Labute approximate surface area is 129 Å². The van der Waals surface area contributed by atoms with Gasteiger partial charge in [-0.15, -0.1) is 0 Å². The molecule has 1 aliphatic carbocycles. The van der Waals surface area contributed by atoms with E-state index in [4.69, 9.17) is 0 Å². The van der Waals surface area contributed by atoms with E-state index in [1.165, 1.54) is 4.31 Å². The van der Waals surface area contributed by atoms with Gasteiger partial charge in [-0.2, -0.15) is 4.31 Å². The van der Waals surface area contributed by atoms with Crippen LogP contribution in [-0.2, 0) is 10.0 Å². The molecule has 22 heavy (non-hydrogen) atoms. The zero-order valence-corrected chi connectivity index (χ0v) is 13.2. The summed E-state index contributed by atoms with van der Waals surface area (Å²) < 4.78 is 27.1. The number of aliphatic hydroxyl groups is 1. The molecule has 2 heterocycles. The molecule has 0 atom stereocenters. The van der Waals surface area contributed by atoms with Crippen molar-refractivity contribution < 1.29 is 13.5 Å². The zero-order valence-electron chi connectivity index (χ0n) is 12.4. The van der Waals surface area contributed by atoms with E-state index in [-0.39, 0.29) is 23.9 Å². The van der Waals surface area contributed by atoms with Gasteiger partial charge in [-0.25, -0.2) is 8.42 Å². The maximum absolute atomic E-state index is 12.9. The summed E-state index contributed by atoms with van der Waals surface area (Å²) in [6.07, 6.45) is 3.67. The third-order valence-electron chi connectivity index (χ3n) is 4.79. The average Bonchev–Trinajstić information content (AvgIpc) is 3.29. The fourth-order valence-electron chi connectivity index (χ4n) is 3.27. The minimum absolute atomic E-state index is 0.204. The Balaban J connectivity index is 1.74. The molecule has 2 aliphatic rings. The van der Waals surface area contributed by atoms with Crippen LogP contribution in [0.1, 0.15) is 18.4 Å². The predicted octanol–water partition coefficient (Wildman–Crippen LogP) is 1.69. The van der Waals surface area contributed by atoms with Crippen molar-refractivity contribution >= 4 is 20.9 Å². The van der Waals surface area contributed by atoms with Crippen molar-refractivity contribution in [3.63, 3.8) is 0 Å². The Bertz CT molecular complexity index is 853. The molecule has 0 unspecified atom stereocenters. The summed E-state index contributed by atoms with van der Waals surface area (Å²) in [5, 5.41) is 11.0. The molecule has 0 spiro atoms. The van der Waals surface area contributed by atoms with Gasteiger partial charge in [-0.1, -0.05) is 6.07 Å². The minimum atomic E-state index is -3.59. The first-order valence-electron chi connectivity index (χ1n) is 7.49. The molecule has 6 heteroatoms. The Kier molecular flexibility index (Phi) is 2.89. The zero-order chi connectivity index (χ0) is 15.5. The summed E-state index contributed by atoms with van der Waals surface area (Å²) in [6.45, 7) is 2.33. The fourth-order valence-corrected chi connectivity index (χ4v) is 5.01. The lowest BCUT2D eigenvalue weighted by Gasteiger charge is -2.45. The highest BCUT2D eigenvalue weighted by atomic mass is 32.2. The molecule has 116 valence electrons. The quantitative estimate of drug-likeness (QED) is 0.935. The van der Waals surface area contributed by atoms with Gasteiger partial charge in [0.05, 0.1) is 16.0 Å². The number of β-amino-alcohol motifs (C(OH)–C–C–N with tert-alkyl or cyclic N) is 1. The van der Waals surface area contributed by atoms with Crippen molar-refractivity contribution in [1.29, 1.82) is 0 Å². The van der Waals surface area contributed by atoms with Crippen molar-refractivity contribution in [2.45, 2.75) is 30.3 Å². The van der Waals surface area contributed by atoms with Crippen LogP contribution in [0.2, 0.25) is 0 Å². The summed E-state index contributed by atoms with van der Waals surface area (Å²) >= 11 is 0. The van der Waals surface area contributed by atoms with Crippen LogP contribution in [0.4, 0.5) is 0 Å². The topological polar surface area (TPSA) is 70.5 Å². The SMILES string of the molecule is Cc1ccc(S(=O)(=O)N2CC(O)(C3CC3)C2)c2cccnc12.